The molecule has 1 aromatic rings. The van der Waals surface area contributed by atoms with E-state index in [1.165, 1.54) is 42.8 Å². The lowest BCUT2D eigenvalue weighted by Crippen LogP contribution is -2.50. The Morgan fingerprint density at radius 3 is 2.48 bits per heavy atom. The fourth-order valence-electron chi connectivity index (χ4n) is 4.56. The van der Waals surface area contributed by atoms with Gasteiger partial charge in [0.25, 0.3) is 5.91 Å². The molecular formula is C21H27NO3S2. The van der Waals surface area contributed by atoms with Crippen molar-refractivity contribution in [3.63, 3.8) is 0 Å². The number of hydrogen-bond donors (Lipinski definition) is 0. The van der Waals surface area contributed by atoms with Crippen LogP contribution in [0.2, 0.25) is 0 Å². The number of fused-ring (bicyclic) bond motifs is 1. The standard InChI is InChI=1S/C21H27NO3S2/c23-19(22-11-3-5-15-4-1-2-6-18(15)22)14-25-20(24)16-7-9-17(10-8-16)21-26-12-13-27-21/h7-10,15,18,21H,1-6,11-14H2/t15-,18+/m0/s1. The summed E-state index contributed by atoms with van der Waals surface area (Å²) in [4.78, 5) is 27.0. The SMILES string of the molecule is O=C(OCC(=O)N1CCC[C@@H]2CCCC[C@H]21)c1ccc(C2SCCS2)cc1. The lowest BCUT2D eigenvalue weighted by atomic mass is 9.78. The lowest BCUT2D eigenvalue weighted by molar-refractivity contribution is -0.140. The number of carbonyl (C=O) groups excluding carboxylic acids is 2. The molecular weight excluding hydrogens is 378 g/mol. The number of piperidine rings is 1. The van der Waals surface area contributed by atoms with Crippen molar-refractivity contribution in [2.24, 2.45) is 5.92 Å². The number of hydrogen-bond acceptors (Lipinski definition) is 5. The molecule has 4 nitrogen and oxygen atoms in total. The summed E-state index contributed by atoms with van der Waals surface area (Å²) in [6.07, 6.45) is 7.12. The summed E-state index contributed by atoms with van der Waals surface area (Å²) in [6, 6.07) is 8.01. The van der Waals surface area contributed by atoms with Crippen LogP contribution in [0.1, 0.15) is 59.0 Å². The number of likely N-dealkylation sites (tertiary alicyclic amines) is 1. The third-order valence-electron chi connectivity index (χ3n) is 5.93. The van der Waals surface area contributed by atoms with E-state index in [2.05, 4.69) is 0 Å². The van der Waals surface area contributed by atoms with Crippen LogP contribution in [0.3, 0.4) is 0 Å². The molecule has 0 radical (unpaired) electrons. The predicted octanol–water partition coefficient (Wildman–Crippen LogP) is 4.50. The molecule has 2 atom stereocenters. The van der Waals surface area contributed by atoms with Gasteiger partial charge in [-0.05, 0) is 49.3 Å². The molecule has 1 saturated carbocycles. The van der Waals surface area contributed by atoms with Crippen molar-refractivity contribution in [1.82, 2.24) is 4.90 Å². The van der Waals surface area contributed by atoms with Gasteiger partial charge in [0.2, 0.25) is 0 Å². The average molecular weight is 406 g/mol. The number of esters is 1. The van der Waals surface area contributed by atoms with E-state index in [-0.39, 0.29) is 12.5 Å². The second-order valence-corrected chi connectivity index (χ2v) is 10.3. The second kappa shape index (κ2) is 8.91. The zero-order valence-electron chi connectivity index (χ0n) is 15.6. The maximum Gasteiger partial charge on any atom is 0.338 e. The summed E-state index contributed by atoms with van der Waals surface area (Å²) in [7, 11) is 0. The first-order chi connectivity index (χ1) is 13.2. The first-order valence-corrected chi connectivity index (χ1v) is 12.1. The number of benzene rings is 1. The van der Waals surface area contributed by atoms with E-state index in [4.69, 9.17) is 4.74 Å². The molecule has 1 amide bonds. The van der Waals surface area contributed by atoms with Gasteiger partial charge in [-0.3, -0.25) is 4.79 Å². The fourth-order valence-corrected chi connectivity index (χ4v) is 7.41. The monoisotopic (exact) mass is 405 g/mol. The molecule has 146 valence electrons. The highest BCUT2D eigenvalue weighted by Crippen LogP contribution is 2.45. The maximum atomic E-state index is 12.7. The number of carbonyl (C=O) groups is 2. The minimum Gasteiger partial charge on any atom is -0.452 e. The highest BCUT2D eigenvalue weighted by molar-refractivity contribution is 8.19. The minimum atomic E-state index is -0.404. The van der Waals surface area contributed by atoms with Gasteiger partial charge in [0, 0.05) is 24.1 Å². The number of ether oxygens (including phenoxy) is 1. The highest BCUT2D eigenvalue weighted by atomic mass is 32.2. The van der Waals surface area contributed by atoms with E-state index < -0.39 is 5.97 Å². The van der Waals surface area contributed by atoms with E-state index in [1.807, 2.05) is 52.7 Å². The Bertz CT molecular complexity index is 671. The summed E-state index contributed by atoms with van der Waals surface area (Å²) >= 11 is 3.89. The van der Waals surface area contributed by atoms with Gasteiger partial charge in [-0.1, -0.05) is 25.0 Å². The number of amides is 1. The topological polar surface area (TPSA) is 46.6 Å². The first kappa shape index (κ1) is 19.2. The smallest absolute Gasteiger partial charge is 0.338 e. The van der Waals surface area contributed by atoms with Crippen molar-refractivity contribution in [2.45, 2.75) is 49.1 Å². The normalized spacial score (nSPS) is 25.9. The number of nitrogens with zero attached hydrogens (tertiary/aromatic N) is 1. The van der Waals surface area contributed by atoms with Crippen LogP contribution in [0.4, 0.5) is 0 Å². The molecule has 0 bridgehead atoms. The molecule has 0 unspecified atom stereocenters. The van der Waals surface area contributed by atoms with Gasteiger partial charge in [0.05, 0.1) is 10.1 Å². The van der Waals surface area contributed by atoms with Gasteiger partial charge in [-0.15, -0.1) is 23.5 Å². The van der Waals surface area contributed by atoms with Gasteiger partial charge in [-0.2, -0.15) is 0 Å². The van der Waals surface area contributed by atoms with E-state index in [1.54, 1.807) is 0 Å². The van der Waals surface area contributed by atoms with Crippen LogP contribution in [-0.2, 0) is 9.53 Å². The molecule has 0 N–H and O–H groups in total. The van der Waals surface area contributed by atoms with Crippen molar-refractivity contribution in [3.05, 3.63) is 35.4 Å². The molecule has 2 saturated heterocycles. The third kappa shape index (κ3) is 4.48. The van der Waals surface area contributed by atoms with Crippen molar-refractivity contribution in [3.8, 4) is 0 Å². The highest BCUT2D eigenvalue weighted by Gasteiger charge is 2.35. The van der Waals surface area contributed by atoms with Crippen molar-refractivity contribution < 1.29 is 14.3 Å². The van der Waals surface area contributed by atoms with Crippen LogP contribution in [0.25, 0.3) is 0 Å². The molecule has 3 aliphatic rings. The lowest BCUT2D eigenvalue weighted by Gasteiger charge is -2.44. The van der Waals surface area contributed by atoms with E-state index in [0.29, 0.717) is 22.1 Å². The van der Waals surface area contributed by atoms with Crippen LogP contribution < -0.4 is 0 Å². The van der Waals surface area contributed by atoms with E-state index in [9.17, 15) is 9.59 Å². The van der Waals surface area contributed by atoms with E-state index in [0.717, 1.165) is 19.4 Å². The van der Waals surface area contributed by atoms with Crippen molar-refractivity contribution in [2.75, 3.05) is 24.7 Å². The van der Waals surface area contributed by atoms with Gasteiger partial charge >= 0.3 is 5.97 Å². The first-order valence-electron chi connectivity index (χ1n) is 10.0. The Morgan fingerprint density at radius 2 is 1.70 bits per heavy atom. The molecule has 2 aliphatic heterocycles. The summed E-state index contributed by atoms with van der Waals surface area (Å²) in [5.41, 5.74) is 1.76. The van der Waals surface area contributed by atoms with Gasteiger partial charge in [0.1, 0.15) is 0 Å². The van der Waals surface area contributed by atoms with Gasteiger partial charge in [0.15, 0.2) is 6.61 Å². The Morgan fingerprint density at radius 1 is 1.00 bits per heavy atom. The van der Waals surface area contributed by atoms with Crippen molar-refractivity contribution in [1.29, 1.82) is 0 Å². The second-order valence-electron chi connectivity index (χ2n) is 7.61. The Hall–Kier alpha value is -1.14. The number of thioether (sulfide) groups is 2. The van der Waals surface area contributed by atoms with Gasteiger partial charge < -0.3 is 9.64 Å². The predicted molar refractivity (Wildman–Crippen MR) is 111 cm³/mol. The average Bonchev–Trinajstić information content (AvgIpc) is 3.26. The van der Waals surface area contributed by atoms with Crippen LogP contribution in [0.15, 0.2) is 24.3 Å². The van der Waals surface area contributed by atoms with Gasteiger partial charge in [-0.25, -0.2) is 4.79 Å². The van der Waals surface area contributed by atoms with Crippen LogP contribution in [-0.4, -0.2) is 47.5 Å². The maximum absolute atomic E-state index is 12.7. The third-order valence-corrected chi connectivity index (χ3v) is 9.04. The summed E-state index contributed by atoms with van der Waals surface area (Å²) in [6.45, 7) is 0.668. The van der Waals surface area contributed by atoms with E-state index >= 15 is 0 Å². The zero-order valence-corrected chi connectivity index (χ0v) is 17.2. The molecule has 0 aromatic heterocycles. The minimum absolute atomic E-state index is 0.0321. The molecule has 6 heteroatoms. The summed E-state index contributed by atoms with van der Waals surface area (Å²) < 4.78 is 5.82. The molecule has 1 aliphatic carbocycles. The molecule has 0 spiro atoms. The molecule has 2 heterocycles. The molecule has 27 heavy (non-hydrogen) atoms. The Kier molecular flexibility index (Phi) is 6.33. The van der Waals surface area contributed by atoms with Crippen LogP contribution >= 0.6 is 23.5 Å². The molecule has 1 aromatic carbocycles. The van der Waals surface area contributed by atoms with Crippen LogP contribution in [0, 0.1) is 5.92 Å². The fraction of sp³-hybridized carbons (Fsp3) is 0.619. The quantitative estimate of drug-likeness (QED) is 0.690. The summed E-state index contributed by atoms with van der Waals surface area (Å²) in [5.74, 6) is 2.57. The molecule has 3 fully saturated rings. The largest absolute Gasteiger partial charge is 0.452 e. The van der Waals surface area contributed by atoms with Crippen molar-refractivity contribution >= 4 is 35.4 Å². The Balaban J connectivity index is 1.31. The van der Waals surface area contributed by atoms with Crippen LogP contribution in [0.5, 0.6) is 0 Å². The Labute approximate surface area is 169 Å². The zero-order chi connectivity index (χ0) is 18.6. The number of rotatable bonds is 4. The molecule has 4 rings (SSSR count). The summed E-state index contributed by atoms with van der Waals surface area (Å²) in [5, 5.41) is 0.